The molecule has 0 aliphatic heterocycles. The minimum atomic E-state index is -1.02. The number of carboxylic acids is 1. The van der Waals surface area contributed by atoms with Gasteiger partial charge in [-0.3, -0.25) is 4.79 Å². The lowest BCUT2D eigenvalue weighted by Gasteiger charge is -2.18. The highest BCUT2D eigenvalue weighted by atomic mass is 32.1. The number of hydrogen-bond acceptors (Lipinski definition) is 6. The number of carboxylic acid groups (broad SMARTS) is 1. The lowest BCUT2D eigenvalue weighted by Crippen LogP contribution is -2.32. The number of aliphatic carboxylic acids is 1. The number of thiophene rings is 1. The van der Waals surface area contributed by atoms with Gasteiger partial charge in [-0.05, 0) is 52.9 Å². The number of benzene rings is 4. The van der Waals surface area contributed by atoms with Crippen molar-refractivity contribution in [3.8, 4) is 16.9 Å². The molecule has 0 amide bonds. The monoisotopic (exact) mass is 594 g/mol. The summed E-state index contributed by atoms with van der Waals surface area (Å²) in [4.78, 5) is 26.3. The molecule has 4 aromatic carbocycles. The molecule has 8 heteroatoms. The third-order valence-electron chi connectivity index (χ3n) is 6.94. The van der Waals surface area contributed by atoms with Gasteiger partial charge in [0.05, 0.1) is 0 Å². The first-order valence-electron chi connectivity index (χ1n) is 13.9. The molecule has 0 aliphatic rings. The molecule has 1 unspecified atom stereocenters. The van der Waals surface area contributed by atoms with Gasteiger partial charge in [0.15, 0.2) is 5.78 Å². The minimum Gasteiger partial charge on any atom is -0.492 e. The molecule has 218 valence electrons. The van der Waals surface area contributed by atoms with Crippen LogP contribution in [0.5, 0.6) is 5.75 Å². The summed E-state index contributed by atoms with van der Waals surface area (Å²) in [5, 5.41) is 18.3. The van der Waals surface area contributed by atoms with Gasteiger partial charge in [0, 0.05) is 46.8 Å². The molecule has 1 aromatic heterocycles. The highest BCUT2D eigenvalue weighted by Crippen LogP contribution is 2.30. The van der Waals surface area contributed by atoms with Crippen LogP contribution in [0.15, 0.2) is 115 Å². The van der Waals surface area contributed by atoms with Gasteiger partial charge in [0.2, 0.25) is 0 Å². The number of nitrogens with one attached hydrogen (secondary N) is 2. The Balaban J connectivity index is 1.13. The number of ketones is 1. The lowest BCUT2D eigenvalue weighted by atomic mass is 10.00. The molecular weight excluding hydrogens is 563 g/mol. The maximum absolute atomic E-state index is 14.2. The molecule has 0 saturated heterocycles. The standard InChI is InChI=1S/C35H31FN2O4S/c36-30-12-6-4-10-27(30)28-18-21-43-33(28)23-37-19-20-42-26-16-14-24(15-17-26)22-32(35(40)41)38-31-13-7-5-11-29(31)34(39)25-8-2-1-3-9-25/h1-18,21,32,37-38H,19-20,22-23H2,(H,40,41). The smallest absolute Gasteiger partial charge is 0.326 e. The Hall–Kier alpha value is -4.79. The van der Waals surface area contributed by atoms with E-state index in [0.29, 0.717) is 47.8 Å². The van der Waals surface area contributed by atoms with Crippen LogP contribution in [0.4, 0.5) is 10.1 Å². The summed E-state index contributed by atoms with van der Waals surface area (Å²) in [5.74, 6) is -0.753. The molecular formula is C35H31FN2O4S. The van der Waals surface area contributed by atoms with Gasteiger partial charge in [-0.1, -0.05) is 72.8 Å². The number of carbonyl (C=O) groups is 2. The number of para-hydroxylation sites is 1. The van der Waals surface area contributed by atoms with Gasteiger partial charge in [-0.25, -0.2) is 9.18 Å². The molecule has 0 saturated carbocycles. The first kappa shape index (κ1) is 29.7. The normalized spacial score (nSPS) is 11.6. The molecule has 43 heavy (non-hydrogen) atoms. The fourth-order valence-corrected chi connectivity index (χ4v) is 5.60. The second-order valence-corrected chi connectivity index (χ2v) is 10.9. The number of carbonyl (C=O) groups excluding carboxylic acids is 1. The van der Waals surface area contributed by atoms with Crippen molar-refractivity contribution in [2.45, 2.75) is 19.0 Å². The van der Waals surface area contributed by atoms with Crippen LogP contribution in [0.3, 0.4) is 0 Å². The lowest BCUT2D eigenvalue weighted by molar-refractivity contribution is -0.137. The molecule has 0 bridgehead atoms. The third-order valence-corrected chi connectivity index (χ3v) is 7.86. The van der Waals surface area contributed by atoms with Crippen molar-refractivity contribution < 1.29 is 23.8 Å². The summed E-state index contributed by atoms with van der Waals surface area (Å²) in [6.07, 6.45) is 0.218. The highest BCUT2D eigenvalue weighted by Gasteiger charge is 2.21. The van der Waals surface area contributed by atoms with E-state index >= 15 is 0 Å². The van der Waals surface area contributed by atoms with Gasteiger partial charge in [0.1, 0.15) is 24.2 Å². The SMILES string of the molecule is O=C(c1ccccc1)c1ccccc1NC(Cc1ccc(OCCNCc2sccc2-c2ccccc2F)cc1)C(=O)O. The van der Waals surface area contributed by atoms with E-state index in [-0.39, 0.29) is 18.0 Å². The largest absolute Gasteiger partial charge is 0.492 e. The molecule has 1 heterocycles. The summed E-state index contributed by atoms with van der Waals surface area (Å²) >= 11 is 1.58. The van der Waals surface area contributed by atoms with Crippen molar-refractivity contribution in [1.82, 2.24) is 5.32 Å². The quantitative estimate of drug-likeness (QED) is 0.0943. The zero-order valence-electron chi connectivity index (χ0n) is 23.3. The number of rotatable bonds is 14. The third kappa shape index (κ3) is 7.74. The maximum Gasteiger partial charge on any atom is 0.326 e. The van der Waals surface area contributed by atoms with E-state index in [0.717, 1.165) is 16.0 Å². The molecule has 6 nitrogen and oxygen atoms in total. The molecule has 1 atom stereocenters. The summed E-state index contributed by atoms with van der Waals surface area (Å²) in [7, 11) is 0. The second-order valence-electron chi connectivity index (χ2n) is 9.89. The minimum absolute atomic E-state index is 0.176. The Morgan fingerprint density at radius 1 is 0.837 bits per heavy atom. The zero-order chi connectivity index (χ0) is 30.0. The molecule has 5 rings (SSSR count). The van der Waals surface area contributed by atoms with Crippen LogP contribution in [0.2, 0.25) is 0 Å². The van der Waals surface area contributed by atoms with Crippen LogP contribution in [-0.4, -0.2) is 36.1 Å². The topological polar surface area (TPSA) is 87.7 Å². The number of anilines is 1. The number of ether oxygens (including phenoxy) is 1. The molecule has 3 N–H and O–H groups in total. The van der Waals surface area contributed by atoms with Crippen LogP contribution in [-0.2, 0) is 17.8 Å². The van der Waals surface area contributed by atoms with Gasteiger partial charge in [0.25, 0.3) is 0 Å². The second kappa shape index (κ2) is 14.4. The number of halogens is 1. The van der Waals surface area contributed by atoms with Crippen molar-refractivity contribution in [3.05, 3.63) is 142 Å². The fraction of sp³-hybridized carbons (Fsp3) is 0.143. The summed E-state index contributed by atoms with van der Waals surface area (Å²) in [5.41, 5.74) is 3.73. The molecule has 0 radical (unpaired) electrons. The average Bonchev–Trinajstić information content (AvgIpc) is 3.50. The van der Waals surface area contributed by atoms with Crippen molar-refractivity contribution in [2.24, 2.45) is 0 Å². The average molecular weight is 595 g/mol. The maximum atomic E-state index is 14.2. The first-order chi connectivity index (χ1) is 21.0. The van der Waals surface area contributed by atoms with E-state index < -0.39 is 12.0 Å². The van der Waals surface area contributed by atoms with Crippen molar-refractivity contribution in [1.29, 1.82) is 0 Å². The van der Waals surface area contributed by atoms with Gasteiger partial charge < -0.3 is 20.5 Å². The fourth-order valence-electron chi connectivity index (χ4n) is 4.74. The van der Waals surface area contributed by atoms with Gasteiger partial charge in [-0.2, -0.15) is 0 Å². The zero-order valence-corrected chi connectivity index (χ0v) is 24.2. The van der Waals surface area contributed by atoms with E-state index in [1.165, 1.54) is 6.07 Å². The summed E-state index contributed by atoms with van der Waals surface area (Å²) < 4.78 is 20.1. The molecule has 0 spiro atoms. The molecule has 0 aliphatic carbocycles. The van der Waals surface area contributed by atoms with Crippen molar-refractivity contribution in [2.75, 3.05) is 18.5 Å². The summed E-state index contributed by atoms with van der Waals surface area (Å²) in [6, 6.07) is 30.9. The predicted molar refractivity (Wildman–Crippen MR) is 168 cm³/mol. The van der Waals surface area contributed by atoms with E-state index in [1.54, 1.807) is 72.0 Å². The Labute approximate surface area is 253 Å². The Morgan fingerprint density at radius 2 is 1.56 bits per heavy atom. The Bertz CT molecular complexity index is 1670. The van der Waals surface area contributed by atoms with E-state index in [9.17, 15) is 19.1 Å². The van der Waals surface area contributed by atoms with E-state index in [4.69, 9.17) is 4.74 Å². The Morgan fingerprint density at radius 3 is 2.33 bits per heavy atom. The Kier molecular flexibility index (Phi) is 9.94. The molecule has 0 fully saturated rings. The highest BCUT2D eigenvalue weighted by molar-refractivity contribution is 7.10. The van der Waals surface area contributed by atoms with E-state index in [1.807, 2.05) is 47.8 Å². The first-order valence-corrected chi connectivity index (χ1v) is 14.8. The van der Waals surface area contributed by atoms with Crippen LogP contribution in [0.1, 0.15) is 26.4 Å². The van der Waals surface area contributed by atoms with Crippen LogP contribution in [0, 0.1) is 5.82 Å². The van der Waals surface area contributed by atoms with Crippen molar-refractivity contribution in [3.63, 3.8) is 0 Å². The van der Waals surface area contributed by atoms with Crippen LogP contribution in [0.25, 0.3) is 11.1 Å². The van der Waals surface area contributed by atoms with Crippen LogP contribution >= 0.6 is 11.3 Å². The van der Waals surface area contributed by atoms with Crippen molar-refractivity contribution >= 4 is 28.8 Å². The summed E-state index contributed by atoms with van der Waals surface area (Å²) in [6.45, 7) is 1.64. The number of hydrogen-bond donors (Lipinski definition) is 3. The van der Waals surface area contributed by atoms with Gasteiger partial charge >= 0.3 is 5.97 Å². The van der Waals surface area contributed by atoms with Gasteiger partial charge in [-0.15, -0.1) is 11.3 Å². The molecule has 5 aromatic rings. The van der Waals surface area contributed by atoms with E-state index in [2.05, 4.69) is 10.6 Å². The van der Waals surface area contributed by atoms with Crippen LogP contribution < -0.4 is 15.4 Å². The predicted octanol–water partition coefficient (Wildman–Crippen LogP) is 7.06.